The molecule has 3 heteroatoms. The van der Waals surface area contributed by atoms with Crippen molar-refractivity contribution in [2.45, 2.75) is 32.6 Å². The van der Waals surface area contributed by atoms with Crippen LogP contribution in [0.5, 0.6) is 0 Å². The highest BCUT2D eigenvalue weighted by atomic mass is 16.5. The average molecular weight is 250 g/mol. The number of ketones is 1. The Kier molecular flexibility index (Phi) is 4.88. The fraction of sp³-hybridized carbons (Fsp3) is 0.600. The number of hydrogen-bond donors (Lipinski definition) is 0. The maximum absolute atomic E-state index is 12.1. The molecular formula is C15H22O3. The number of carbonyl (C=O) groups is 2. The monoisotopic (exact) mass is 250 g/mol. The summed E-state index contributed by atoms with van der Waals surface area (Å²) >= 11 is 0. The number of ether oxygens (including phenoxy) is 1. The van der Waals surface area contributed by atoms with E-state index < -0.39 is 5.41 Å². The standard InChI is InChI=1S/C15H22O3/c1-5-9-15(3)12(7-8-13(15)16)11(6-2)10-14(17)18-4/h5-6,11-12H,1-2,7-10H2,3-4H3/t11-,12+,15+/m1/s1. The predicted octanol–water partition coefficient (Wildman–Crippen LogP) is 2.91. The molecule has 1 rings (SSSR count). The first-order valence-corrected chi connectivity index (χ1v) is 6.33. The third kappa shape index (κ3) is 2.71. The van der Waals surface area contributed by atoms with Gasteiger partial charge >= 0.3 is 5.97 Å². The molecule has 1 aliphatic rings. The molecule has 18 heavy (non-hydrogen) atoms. The Balaban J connectivity index is 2.90. The van der Waals surface area contributed by atoms with E-state index in [-0.39, 0.29) is 23.6 Å². The average Bonchev–Trinajstić information content (AvgIpc) is 2.63. The van der Waals surface area contributed by atoms with E-state index in [1.165, 1.54) is 7.11 Å². The largest absolute Gasteiger partial charge is 0.469 e. The van der Waals surface area contributed by atoms with Crippen LogP contribution in [0.2, 0.25) is 0 Å². The second-order valence-corrected chi connectivity index (χ2v) is 5.16. The molecule has 100 valence electrons. The van der Waals surface area contributed by atoms with Crippen molar-refractivity contribution in [1.29, 1.82) is 0 Å². The van der Waals surface area contributed by atoms with Crippen LogP contribution in [0.3, 0.4) is 0 Å². The van der Waals surface area contributed by atoms with Crippen LogP contribution in [0.15, 0.2) is 25.3 Å². The molecule has 0 N–H and O–H groups in total. The van der Waals surface area contributed by atoms with Crippen molar-refractivity contribution in [3.8, 4) is 0 Å². The molecule has 0 bridgehead atoms. The lowest BCUT2D eigenvalue weighted by molar-refractivity contribution is -0.142. The Bertz CT molecular complexity index is 359. The molecule has 0 radical (unpaired) electrons. The lowest BCUT2D eigenvalue weighted by Crippen LogP contribution is -2.33. The van der Waals surface area contributed by atoms with E-state index in [0.29, 0.717) is 19.3 Å². The summed E-state index contributed by atoms with van der Waals surface area (Å²) in [4.78, 5) is 23.5. The zero-order valence-corrected chi connectivity index (χ0v) is 11.3. The third-order valence-electron chi connectivity index (χ3n) is 4.16. The summed E-state index contributed by atoms with van der Waals surface area (Å²) in [6.45, 7) is 9.50. The van der Waals surface area contributed by atoms with Gasteiger partial charge in [0.25, 0.3) is 0 Å². The van der Waals surface area contributed by atoms with E-state index in [2.05, 4.69) is 13.2 Å². The number of carbonyl (C=O) groups excluding carboxylic acids is 2. The van der Waals surface area contributed by atoms with Crippen molar-refractivity contribution < 1.29 is 14.3 Å². The van der Waals surface area contributed by atoms with Gasteiger partial charge in [-0.25, -0.2) is 0 Å². The highest BCUT2D eigenvalue weighted by Crippen LogP contribution is 2.48. The maximum Gasteiger partial charge on any atom is 0.306 e. The number of hydrogen-bond acceptors (Lipinski definition) is 3. The van der Waals surface area contributed by atoms with Crippen LogP contribution in [-0.2, 0) is 14.3 Å². The topological polar surface area (TPSA) is 43.4 Å². The van der Waals surface area contributed by atoms with Crippen molar-refractivity contribution in [2.24, 2.45) is 17.3 Å². The van der Waals surface area contributed by atoms with Crippen molar-refractivity contribution in [1.82, 2.24) is 0 Å². The van der Waals surface area contributed by atoms with Crippen molar-refractivity contribution in [3.05, 3.63) is 25.3 Å². The first-order valence-electron chi connectivity index (χ1n) is 6.33. The summed E-state index contributed by atoms with van der Waals surface area (Å²) in [5, 5.41) is 0. The normalized spacial score (nSPS) is 28.8. The van der Waals surface area contributed by atoms with Gasteiger partial charge in [-0.2, -0.15) is 0 Å². The van der Waals surface area contributed by atoms with E-state index in [0.717, 1.165) is 6.42 Å². The first kappa shape index (κ1) is 14.7. The zero-order valence-electron chi connectivity index (χ0n) is 11.3. The van der Waals surface area contributed by atoms with Gasteiger partial charge in [0.2, 0.25) is 0 Å². The number of esters is 1. The quantitative estimate of drug-likeness (QED) is 0.537. The van der Waals surface area contributed by atoms with E-state index >= 15 is 0 Å². The summed E-state index contributed by atoms with van der Waals surface area (Å²) < 4.78 is 4.71. The highest BCUT2D eigenvalue weighted by molar-refractivity contribution is 5.87. The fourth-order valence-electron chi connectivity index (χ4n) is 3.01. The molecule has 0 amide bonds. The molecule has 1 aliphatic carbocycles. The highest BCUT2D eigenvalue weighted by Gasteiger charge is 2.47. The minimum absolute atomic E-state index is 0.00569. The molecule has 0 spiro atoms. The van der Waals surface area contributed by atoms with Crippen molar-refractivity contribution in [3.63, 3.8) is 0 Å². The molecule has 0 heterocycles. The molecule has 0 aromatic carbocycles. The first-order chi connectivity index (χ1) is 8.49. The van der Waals surface area contributed by atoms with Gasteiger partial charge in [-0.3, -0.25) is 9.59 Å². The van der Waals surface area contributed by atoms with Gasteiger partial charge in [-0.1, -0.05) is 19.1 Å². The summed E-state index contributed by atoms with van der Waals surface area (Å²) in [6, 6.07) is 0. The van der Waals surface area contributed by atoms with Crippen molar-refractivity contribution >= 4 is 11.8 Å². The summed E-state index contributed by atoms with van der Waals surface area (Å²) in [7, 11) is 1.38. The van der Waals surface area contributed by atoms with Gasteiger partial charge < -0.3 is 4.74 Å². The minimum Gasteiger partial charge on any atom is -0.469 e. The molecular weight excluding hydrogens is 228 g/mol. The maximum atomic E-state index is 12.1. The molecule has 0 aromatic rings. The van der Waals surface area contributed by atoms with E-state index in [9.17, 15) is 9.59 Å². The van der Waals surface area contributed by atoms with E-state index in [1.807, 2.05) is 6.92 Å². The van der Waals surface area contributed by atoms with Crippen LogP contribution in [0.4, 0.5) is 0 Å². The lowest BCUT2D eigenvalue weighted by atomic mass is 9.69. The second kappa shape index (κ2) is 5.98. The van der Waals surface area contributed by atoms with E-state index in [4.69, 9.17) is 4.74 Å². The molecule has 0 saturated heterocycles. The molecule has 0 aromatic heterocycles. The van der Waals surface area contributed by atoms with Crippen LogP contribution in [0, 0.1) is 17.3 Å². The van der Waals surface area contributed by atoms with Crippen LogP contribution in [-0.4, -0.2) is 18.9 Å². The lowest BCUT2D eigenvalue weighted by Gasteiger charge is -2.33. The number of rotatable bonds is 6. The van der Waals surface area contributed by atoms with Crippen molar-refractivity contribution in [2.75, 3.05) is 7.11 Å². The molecule has 3 nitrogen and oxygen atoms in total. The molecule has 0 unspecified atom stereocenters. The Morgan fingerprint density at radius 1 is 1.61 bits per heavy atom. The summed E-state index contributed by atoms with van der Waals surface area (Å²) in [6.07, 6.45) is 5.92. The van der Waals surface area contributed by atoms with Crippen LogP contribution in [0.25, 0.3) is 0 Å². The Labute approximate surface area is 109 Å². The van der Waals surface area contributed by atoms with Gasteiger partial charge in [0, 0.05) is 11.8 Å². The van der Waals surface area contributed by atoms with Crippen LogP contribution >= 0.6 is 0 Å². The van der Waals surface area contributed by atoms with E-state index in [1.54, 1.807) is 12.2 Å². The van der Waals surface area contributed by atoms with Crippen LogP contribution in [0.1, 0.15) is 32.6 Å². The van der Waals surface area contributed by atoms with Crippen LogP contribution < -0.4 is 0 Å². The summed E-state index contributed by atoms with van der Waals surface area (Å²) in [5.74, 6) is 0.165. The summed E-state index contributed by atoms with van der Waals surface area (Å²) in [5.41, 5.74) is -0.408. The Hall–Kier alpha value is -1.38. The minimum atomic E-state index is -0.408. The molecule has 3 atom stereocenters. The second-order valence-electron chi connectivity index (χ2n) is 5.16. The molecule has 1 saturated carbocycles. The predicted molar refractivity (Wildman–Crippen MR) is 71.0 cm³/mol. The fourth-order valence-corrected chi connectivity index (χ4v) is 3.01. The molecule has 1 fully saturated rings. The smallest absolute Gasteiger partial charge is 0.306 e. The van der Waals surface area contributed by atoms with Gasteiger partial charge in [0.1, 0.15) is 5.78 Å². The Morgan fingerprint density at radius 3 is 2.78 bits per heavy atom. The number of methoxy groups -OCH3 is 1. The van der Waals surface area contributed by atoms with Gasteiger partial charge in [-0.15, -0.1) is 13.2 Å². The third-order valence-corrected chi connectivity index (χ3v) is 4.16. The van der Waals surface area contributed by atoms with Gasteiger partial charge in [-0.05, 0) is 24.7 Å². The number of Topliss-reactive ketones (excluding diaryl/α,β-unsaturated/α-hetero) is 1. The SMILES string of the molecule is C=CC[C@]1(C)C(=O)CC[C@H]1[C@H](C=C)CC(=O)OC. The Morgan fingerprint density at radius 2 is 2.28 bits per heavy atom. The molecule has 0 aliphatic heterocycles. The van der Waals surface area contributed by atoms with Gasteiger partial charge in [0.15, 0.2) is 0 Å². The van der Waals surface area contributed by atoms with Gasteiger partial charge in [0.05, 0.1) is 13.5 Å². The zero-order chi connectivity index (χ0) is 13.8. The number of allylic oxidation sites excluding steroid dienone is 2.